The Kier molecular flexibility index (Phi) is 6.03. The first-order valence-electron chi connectivity index (χ1n) is 6.78. The van der Waals surface area contributed by atoms with Crippen LogP contribution in [0.25, 0.3) is 11.8 Å². The van der Waals surface area contributed by atoms with Crippen molar-refractivity contribution in [3.05, 3.63) is 54.6 Å². The highest BCUT2D eigenvalue weighted by molar-refractivity contribution is 5.85. The number of nitrogens with zero attached hydrogens (tertiary/aromatic N) is 2. The van der Waals surface area contributed by atoms with Crippen LogP contribution in [-0.2, 0) is 0 Å². The quantitative estimate of drug-likeness (QED) is 0.763. The highest BCUT2D eigenvalue weighted by Crippen LogP contribution is 2.28. The Morgan fingerprint density at radius 3 is 2.45 bits per heavy atom. The van der Waals surface area contributed by atoms with E-state index < -0.39 is 0 Å². The molecule has 3 heteroatoms. The van der Waals surface area contributed by atoms with Crippen molar-refractivity contribution >= 4 is 24.2 Å². The van der Waals surface area contributed by atoms with Gasteiger partial charge in [0.1, 0.15) is 0 Å². The molecule has 0 fully saturated rings. The van der Waals surface area contributed by atoms with E-state index in [1.165, 1.54) is 17.6 Å². The van der Waals surface area contributed by atoms with E-state index in [9.17, 15) is 0 Å². The lowest BCUT2D eigenvalue weighted by Crippen LogP contribution is -2.05. The molecular weight excluding hydrogens is 268 g/mol. The third kappa shape index (κ3) is 5.22. The van der Waals surface area contributed by atoms with Crippen LogP contribution in [-0.4, -0.2) is 9.55 Å². The zero-order chi connectivity index (χ0) is 13.7. The van der Waals surface area contributed by atoms with Crippen LogP contribution in [0.5, 0.6) is 0 Å². The summed E-state index contributed by atoms with van der Waals surface area (Å²) in [6, 6.07) is 10.6. The van der Waals surface area contributed by atoms with Gasteiger partial charge in [-0.25, -0.2) is 4.98 Å². The second-order valence-electron chi connectivity index (χ2n) is 6.09. The standard InChI is InChI=1S/C17H22N2.ClH/c1-17(2,3)10-9-16(13-19-12-11-18-14-19)15-7-5-4-6-8-15;/h4-8,11-14H,9-10H2,1-3H3;1H. The first-order valence-corrected chi connectivity index (χ1v) is 6.78. The van der Waals surface area contributed by atoms with E-state index in [-0.39, 0.29) is 12.4 Å². The van der Waals surface area contributed by atoms with Gasteiger partial charge in [0.2, 0.25) is 0 Å². The second-order valence-corrected chi connectivity index (χ2v) is 6.09. The largest absolute Gasteiger partial charge is 0.313 e. The van der Waals surface area contributed by atoms with Crippen LogP contribution in [0.15, 0.2) is 49.1 Å². The van der Waals surface area contributed by atoms with Crippen LogP contribution in [0.2, 0.25) is 0 Å². The summed E-state index contributed by atoms with van der Waals surface area (Å²) in [5, 5.41) is 0. The number of hydrogen-bond acceptors (Lipinski definition) is 1. The van der Waals surface area contributed by atoms with E-state index in [0.29, 0.717) is 5.41 Å². The Morgan fingerprint density at radius 2 is 1.90 bits per heavy atom. The molecule has 0 saturated carbocycles. The Morgan fingerprint density at radius 1 is 1.20 bits per heavy atom. The monoisotopic (exact) mass is 290 g/mol. The summed E-state index contributed by atoms with van der Waals surface area (Å²) in [6.07, 6.45) is 10.0. The molecule has 0 amide bonds. The van der Waals surface area contributed by atoms with Gasteiger partial charge >= 0.3 is 0 Å². The molecule has 108 valence electrons. The van der Waals surface area contributed by atoms with Gasteiger partial charge in [0.25, 0.3) is 0 Å². The number of benzene rings is 1. The molecule has 0 bridgehead atoms. The van der Waals surface area contributed by atoms with Crippen molar-refractivity contribution in [2.75, 3.05) is 0 Å². The molecule has 0 aliphatic carbocycles. The zero-order valence-electron chi connectivity index (χ0n) is 12.4. The van der Waals surface area contributed by atoms with Gasteiger partial charge in [-0.15, -0.1) is 12.4 Å². The first kappa shape index (κ1) is 16.5. The summed E-state index contributed by atoms with van der Waals surface area (Å²) in [5.74, 6) is 0. The molecular formula is C17H23ClN2. The van der Waals surface area contributed by atoms with Crippen LogP contribution < -0.4 is 0 Å². The Hall–Kier alpha value is -1.54. The lowest BCUT2D eigenvalue weighted by atomic mass is 9.87. The van der Waals surface area contributed by atoms with E-state index >= 15 is 0 Å². The molecule has 0 saturated heterocycles. The molecule has 0 N–H and O–H groups in total. The third-order valence-electron chi connectivity index (χ3n) is 3.12. The molecule has 0 spiro atoms. The minimum absolute atomic E-state index is 0. The first-order chi connectivity index (χ1) is 9.04. The Bertz CT molecular complexity index is 522. The number of rotatable bonds is 4. The van der Waals surface area contributed by atoms with E-state index in [1.807, 2.05) is 23.3 Å². The molecule has 20 heavy (non-hydrogen) atoms. The van der Waals surface area contributed by atoms with E-state index in [2.05, 4.69) is 62.3 Å². The highest BCUT2D eigenvalue weighted by atomic mass is 35.5. The lowest BCUT2D eigenvalue weighted by Gasteiger charge is -2.19. The van der Waals surface area contributed by atoms with Crippen molar-refractivity contribution in [3.8, 4) is 0 Å². The zero-order valence-corrected chi connectivity index (χ0v) is 13.2. The summed E-state index contributed by atoms with van der Waals surface area (Å²) >= 11 is 0. The molecule has 2 aromatic rings. The molecule has 1 aromatic heterocycles. The summed E-state index contributed by atoms with van der Waals surface area (Å²) in [7, 11) is 0. The fourth-order valence-electron chi connectivity index (χ4n) is 1.97. The number of hydrogen-bond donors (Lipinski definition) is 0. The summed E-state index contributed by atoms with van der Waals surface area (Å²) in [6.45, 7) is 6.85. The van der Waals surface area contributed by atoms with Crippen molar-refractivity contribution in [3.63, 3.8) is 0 Å². The Labute approximate surface area is 128 Å². The molecule has 2 nitrogen and oxygen atoms in total. The van der Waals surface area contributed by atoms with Gasteiger partial charge in [-0.1, -0.05) is 51.1 Å². The van der Waals surface area contributed by atoms with Crippen molar-refractivity contribution in [1.82, 2.24) is 9.55 Å². The number of allylic oxidation sites excluding steroid dienone is 1. The molecule has 0 radical (unpaired) electrons. The second kappa shape index (κ2) is 7.30. The van der Waals surface area contributed by atoms with Crippen molar-refractivity contribution in [2.24, 2.45) is 5.41 Å². The summed E-state index contributed by atoms with van der Waals surface area (Å²) in [5.41, 5.74) is 3.00. The van der Waals surface area contributed by atoms with Gasteiger partial charge in [0, 0.05) is 18.6 Å². The molecule has 0 unspecified atom stereocenters. The fourth-order valence-corrected chi connectivity index (χ4v) is 1.97. The predicted molar refractivity (Wildman–Crippen MR) is 88.8 cm³/mol. The van der Waals surface area contributed by atoms with Crippen LogP contribution >= 0.6 is 12.4 Å². The predicted octanol–water partition coefficient (Wildman–Crippen LogP) is 5.13. The Balaban J connectivity index is 0.00000200. The van der Waals surface area contributed by atoms with Crippen molar-refractivity contribution < 1.29 is 0 Å². The molecule has 1 heterocycles. The van der Waals surface area contributed by atoms with Gasteiger partial charge in [0.15, 0.2) is 0 Å². The average molecular weight is 291 g/mol. The van der Waals surface area contributed by atoms with Gasteiger partial charge < -0.3 is 4.57 Å². The number of aromatic nitrogens is 2. The minimum atomic E-state index is 0. The van der Waals surface area contributed by atoms with Gasteiger partial charge in [-0.3, -0.25) is 0 Å². The third-order valence-corrected chi connectivity index (χ3v) is 3.12. The van der Waals surface area contributed by atoms with Crippen LogP contribution in [0.1, 0.15) is 39.2 Å². The maximum absolute atomic E-state index is 4.10. The normalized spacial score (nSPS) is 12.1. The van der Waals surface area contributed by atoms with E-state index in [1.54, 1.807) is 0 Å². The topological polar surface area (TPSA) is 17.8 Å². The van der Waals surface area contributed by atoms with Crippen LogP contribution in [0, 0.1) is 5.41 Å². The van der Waals surface area contributed by atoms with Crippen molar-refractivity contribution in [2.45, 2.75) is 33.6 Å². The van der Waals surface area contributed by atoms with Gasteiger partial charge in [-0.05, 0) is 29.4 Å². The molecule has 0 aliphatic heterocycles. The number of halogens is 1. The van der Waals surface area contributed by atoms with Gasteiger partial charge in [-0.2, -0.15) is 0 Å². The fraction of sp³-hybridized carbons (Fsp3) is 0.353. The van der Waals surface area contributed by atoms with E-state index in [4.69, 9.17) is 0 Å². The lowest BCUT2D eigenvalue weighted by molar-refractivity contribution is 0.384. The SMILES string of the molecule is CC(C)(C)CCC(=Cn1ccnc1)c1ccccc1.Cl. The maximum Gasteiger partial charge on any atom is 0.0986 e. The summed E-state index contributed by atoms with van der Waals surface area (Å²) in [4.78, 5) is 4.10. The van der Waals surface area contributed by atoms with Gasteiger partial charge in [0.05, 0.1) is 6.33 Å². The highest BCUT2D eigenvalue weighted by Gasteiger charge is 2.12. The molecule has 2 rings (SSSR count). The maximum atomic E-state index is 4.10. The molecule has 0 aliphatic rings. The van der Waals surface area contributed by atoms with Crippen LogP contribution in [0.4, 0.5) is 0 Å². The summed E-state index contributed by atoms with van der Waals surface area (Å²) < 4.78 is 2.02. The minimum Gasteiger partial charge on any atom is -0.313 e. The molecule has 0 atom stereocenters. The molecule has 1 aromatic carbocycles. The van der Waals surface area contributed by atoms with E-state index in [0.717, 1.165) is 6.42 Å². The smallest absolute Gasteiger partial charge is 0.0986 e. The van der Waals surface area contributed by atoms with Crippen molar-refractivity contribution in [1.29, 1.82) is 0 Å². The number of imidazole rings is 1. The average Bonchev–Trinajstić information content (AvgIpc) is 2.87. The van der Waals surface area contributed by atoms with Crippen LogP contribution in [0.3, 0.4) is 0 Å².